The summed E-state index contributed by atoms with van der Waals surface area (Å²) in [6.45, 7) is 14.2. The van der Waals surface area contributed by atoms with Crippen LogP contribution in [0.2, 0.25) is 0 Å². The molecule has 9 heteroatoms. The minimum Gasteiger partial charge on any atom is -0.452 e. The molecule has 6 atom stereocenters. The van der Waals surface area contributed by atoms with Crippen molar-refractivity contribution in [3.05, 3.63) is 36.5 Å². The van der Waals surface area contributed by atoms with Crippen molar-refractivity contribution >= 4 is 17.9 Å². The quantitative estimate of drug-likeness (QED) is 0.315. The Bertz CT molecular complexity index is 624. The smallest absolute Gasteiger partial charge is 0.333 e. The van der Waals surface area contributed by atoms with Gasteiger partial charge in [0.05, 0.1) is 0 Å². The monoisotopic (exact) mass is 384 g/mol. The lowest BCUT2D eigenvalue weighted by atomic mass is 9.84. The van der Waals surface area contributed by atoms with Crippen LogP contribution < -0.4 is 0 Å². The zero-order valence-corrected chi connectivity index (χ0v) is 15.4. The van der Waals surface area contributed by atoms with Crippen molar-refractivity contribution in [1.82, 2.24) is 0 Å². The van der Waals surface area contributed by atoms with Crippen molar-refractivity contribution in [3.8, 4) is 0 Å². The molecule has 0 heterocycles. The molecule has 0 aromatic heterocycles. The molecule has 9 nitrogen and oxygen atoms in total. The number of rotatable bonds is 6. The fourth-order valence-corrected chi connectivity index (χ4v) is 2.25. The van der Waals surface area contributed by atoms with Crippen LogP contribution in [0.5, 0.6) is 0 Å². The summed E-state index contributed by atoms with van der Waals surface area (Å²) in [7, 11) is 0. The zero-order valence-electron chi connectivity index (χ0n) is 15.4. The van der Waals surface area contributed by atoms with Gasteiger partial charge in [0.15, 0.2) is 18.3 Å². The van der Waals surface area contributed by atoms with Crippen molar-refractivity contribution < 1.29 is 43.9 Å². The minimum atomic E-state index is -1.85. The first-order valence-corrected chi connectivity index (χ1v) is 8.02. The first-order valence-electron chi connectivity index (χ1n) is 8.02. The molecule has 0 spiro atoms. The second-order valence-corrected chi connectivity index (χ2v) is 6.42. The van der Waals surface area contributed by atoms with Crippen molar-refractivity contribution in [2.75, 3.05) is 0 Å². The van der Waals surface area contributed by atoms with E-state index in [1.54, 1.807) is 0 Å². The second kappa shape index (κ2) is 8.94. The van der Waals surface area contributed by atoms with E-state index in [9.17, 15) is 29.7 Å². The van der Waals surface area contributed by atoms with Crippen LogP contribution in [0, 0.1) is 0 Å². The van der Waals surface area contributed by atoms with E-state index in [1.165, 1.54) is 20.8 Å². The number of ether oxygens (including phenoxy) is 3. The number of esters is 3. The third kappa shape index (κ3) is 5.25. The standard InChI is InChI=1S/C18H24O9/c1-7(2)16(22)25-13-11(20)10(19)12(21)14(26-17(23)8(3)4)15(13)27-18(24)9(5)6/h10-15,19-21H,1,3,5H2,2,4,6H3/t10?,11-,12-,13-,14+,15?/m0/s1. The van der Waals surface area contributed by atoms with E-state index in [0.717, 1.165) is 0 Å². The number of carbonyl (C=O) groups is 3. The maximum atomic E-state index is 12.0. The van der Waals surface area contributed by atoms with Gasteiger partial charge in [-0.25, -0.2) is 14.4 Å². The molecule has 3 N–H and O–H groups in total. The topological polar surface area (TPSA) is 140 Å². The van der Waals surface area contributed by atoms with Gasteiger partial charge in [0.1, 0.15) is 18.3 Å². The molecule has 150 valence electrons. The number of hydrogen-bond donors (Lipinski definition) is 3. The van der Waals surface area contributed by atoms with Crippen LogP contribution in [-0.2, 0) is 28.6 Å². The molecule has 0 amide bonds. The van der Waals surface area contributed by atoms with E-state index >= 15 is 0 Å². The van der Waals surface area contributed by atoms with Crippen LogP contribution in [0.4, 0.5) is 0 Å². The van der Waals surface area contributed by atoms with Gasteiger partial charge in [-0.1, -0.05) is 19.7 Å². The third-order valence-electron chi connectivity index (χ3n) is 3.80. The van der Waals surface area contributed by atoms with Gasteiger partial charge in [-0.15, -0.1) is 0 Å². The first-order chi connectivity index (χ1) is 12.4. The molecule has 1 aliphatic carbocycles. The maximum Gasteiger partial charge on any atom is 0.333 e. The van der Waals surface area contributed by atoms with E-state index in [1.807, 2.05) is 0 Å². The Hall–Kier alpha value is -2.49. The fourth-order valence-electron chi connectivity index (χ4n) is 2.25. The molecule has 1 aliphatic rings. The Morgan fingerprint density at radius 1 is 0.593 bits per heavy atom. The average molecular weight is 384 g/mol. The lowest BCUT2D eigenvalue weighted by Crippen LogP contribution is -2.66. The summed E-state index contributed by atoms with van der Waals surface area (Å²) >= 11 is 0. The van der Waals surface area contributed by atoms with Gasteiger partial charge < -0.3 is 29.5 Å². The molecule has 0 aromatic carbocycles. The summed E-state index contributed by atoms with van der Waals surface area (Å²) in [5.41, 5.74) is -0.0772. The number of carbonyl (C=O) groups excluding carboxylic acids is 3. The van der Waals surface area contributed by atoms with E-state index in [0.29, 0.717) is 0 Å². The Balaban J connectivity index is 3.31. The first kappa shape index (κ1) is 22.6. The Labute approximate surface area is 156 Å². The summed E-state index contributed by atoms with van der Waals surface area (Å²) in [4.78, 5) is 35.8. The number of aliphatic hydroxyl groups excluding tert-OH is 3. The molecule has 0 aromatic rings. The number of hydrogen-bond acceptors (Lipinski definition) is 9. The van der Waals surface area contributed by atoms with Gasteiger partial charge in [-0.05, 0) is 20.8 Å². The predicted molar refractivity (Wildman–Crippen MR) is 92.1 cm³/mol. The minimum absolute atomic E-state index is 0.0247. The maximum absolute atomic E-state index is 12.0. The van der Waals surface area contributed by atoms with Gasteiger partial charge in [0.2, 0.25) is 0 Å². The van der Waals surface area contributed by atoms with E-state index < -0.39 is 54.5 Å². The molecule has 0 bridgehead atoms. The number of aliphatic hydroxyl groups is 3. The molecule has 0 saturated heterocycles. The summed E-state index contributed by atoms with van der Waals surface area (Å²) < 4.78 is 15.3. The molecule has 0 radical (unpaired) electrons. The SMILES string of the molecule is C=C(C)C(=O)OC1[C@@H](OC(=O)C(=C)C)[C@@H](O)C(O)[C@H](O)[C@H]1OC(=O)C(=C)C. The largest absolute Gasteiger partial charge is 0.452 e. The lowest BCUT2D eigenvalue weighted by molar-refractivity contribution is -0.244. The van der Waals surface area contributed by atoms with Gasteiger partial charge in [-0.2, -0.15) is 0 Å². The molecular weight excluding hydrogens is 360 g/mol. The molecule has 0 aliphatic heterocycles. The Morgan fingerprint density at radius 3 is 1.11 bits per heavy atom. The van der Waals surface area contributed by atoms with Gasteiger partial charge in [0, 0.05) is 16.7 Å². The van der Waals surface area contributed by atoms with E-state index in [2.05, 4.69) is 19.7 Å². The highest BCUT2D eigenvalue weighted by atomic mass is 16.6. The Morgan fingerprint density at radius 2 is 0.852 bits per heavy atom. The van der Waals surface area contributed by atoms with Crippen molar-refractivity contribution in [2.24, 2.45) is 0 Å². The van der Waals surface area contributed by atoms with Crippen LogP contribution in [0.15, 0.2) is 36.5 Å². The van der Waals surface area contributed by atoms with Crippen molar-refractivity contribution in [3.63, 3.8) is 0 Å². The van der Waals surface area contributed by atoms with Gasteiger partial charge >= 0.3 is 17.9 Å². The second-order valence-electron chi connectivity index (χ2n) is 6.42. The van der Waals surface area contributed by atoms with Crippen LogP contribution in [0.1, 0.15) is 20.8 Å². The Kier molecular flexibility index (Phi) is 7.46. The highest BCUT2D eigenvalue weighted by Crippen LogP contribution is 2.30. The fraction of sp³-hybridized carbons (Fsp3) is 0.500. The molecule has 1 saturated carbocycles. The third-order valence-corrected chi connectivity index (χ3v) is 3.80. The molecule has 27 heavy (non-hydrogen) atoms. The summed E-state index contributed by atoms with van der Waals surface area (Å²) in [5, 5.41) is 30.5. The molecule has 1 fully saturated rings. The summed E-state index contributed by atoms with van der Waals surface area (Å²) in [6, 6.07) is 0. The normalized spacial score (nSPS) is 30.0. The van der Waals surface area contributed by atoms with Crippen molar-refractivity contribution in [2.45, 2.75) is 57.4 Å². The predicted octanol–water partition coefficient (Wildman–Crippen LogP) is -0.454. The van der Waals surface area contributed by atoms with Crippen molar-refractivity contribution in [1.29, 1.82) is 0 Å². The molecule has 1 rings (SSSR count). The van der Waals surface area contributed by atoms with Gasteiger partial charge in [-0.3, -0.25) is 0 Å². The average Bonchev–Trinajstić information content (AvgIpc) is 2.58. The summed E-state index contributed by atoms with van der Waals surface area (Å²) in [6.07, 6.45) is -10.4. The van der Waals surface area contributed by atoms with Crippen LogP contribution in [-0.4, -0.2) is 69.9 Å². The molecule has 2 unspecified atom stereocenters. The van der Waals surface area contributed by atoms with E-state index in [-0.39, 0.29) is 16.7 Å². The van der Waals surface area contributed by atoms with Crippen LogP contribution >= 0.6 is 0 Å². The van der Waals surface area contributed by atoms with Crippen LogP contribution in [0.25, 0.3) is 0 Å². The zero-order chi connectivity index (χ0) is 21.0. The van der Waals surface area contributed by atoms with E-state index in [4.69, 9.17) is 14.2 Å². The van der Waals surface area contributed by atoms with Crippen LogP contribution in [0.3, 0.4) is 0 Å². The molecular formula is C18H24O9. The lowest BCUT2D eigenvalue weighted by Gasteiger charge is -2.44. The van der Waals surface area contributed by atoms with Gasteiger partial charge in [0.25, 0.3) is 0 Å². The summed E-state index contributed by atoms with van der Waals surface area (Å²) in [5.74, 6) is -2.82. The highest BCUT2D eigenvalue weighted by Gasteiger charge is 2.55. The highest BCUT2D eigenvalue weighted by molar-refractivity contribution is 5.88.